The zero-order valence-corrected chi connectivity index (χ0v) is 11.9. The normalized spacial score (nSPS) is 41.5. The molecule has 0 aromatic heterocycles. The molecule has 1 spiro atoms. The maximum atomic E-state index is 10.2. The van der Waals surface area contributed by atoms with Crippen molar-refractivity contribution in [2.24, 2.45) is 0 Å². The number of rotatable bonds is 3. The number of aliphatic hydroxyl groups is 1. The quantitative estimate of drug-likeness (QED) is 0.804. The lowest BCUT2D eigenvalue weighted by molar-refractivity contribution is -0.244. The van der Waals surface area contributed by atoms with E-state index in [4.69, 9.17) is 18.9 Å². The molecule has 0 aromatic carbocycles. The van der Waals surface area contributed by atoms with E-state index < -0.39 is 5.79 Å². The molecule has 4 rings (SSSR count). The van der Waals surface area contributed by atoms with Crippen molar-refractivity contribution in [1.82, 2.24) is 0 Å². The Balaban J connectivity index is 1.28. The van der Waals surface area contributed by atoms with Crippen molar-refractivity contribution >= 4 is 0 Å². The molecule has 2 aliphatic carbocycles. The van der Waals surface area contributed by atoms with Gasteiger partial charge >= 0.3 is 0 Å². The second-order valence-electron chi connectivity index (χ2n) is 6.72. The van der Waals surface area contributed by atoms with E-state index in [1.54, 1.807) is 0 Å². The van der Waals surface area contributed by atoms with Crippen LogP contribution in [0.2, 0.25) is 0 Å². The van der Waals surface area contributed by atoms with Gasteiger partial charge in [0.05, 0.1) is 12.7 Å². The lowest BCUT2D eigenvalue weighted by atomic mass is 10.2. The minimum Gasteiger partial charge on any atom is -0.365 e. The summed E-state index contributed by atoms with van der Waals surface area (Å²) in [7, 11) is 0. The van der Waals surface area contributed by atoms with Crippen LogP contribution in [0.1, 0.15) is 57.8 Å². The maximum Gasteiger partial charge on any atom is 0.187 e. The first-order chi connectivity index (χ1) is 9.67. The summed E-state index contributed by atoms with van der Waals surface area (Å²) in [5.41, 5.74) is 0. The summed E-state index contributed by atoms with van der Waals surface area (Å²) in [4.78, 5) is 0. The first kappa shape index (κ1) is 13.5. The van der Waals surface area contributed by atoms with Crippen molar-refractivity contribution in [3.63, 3.8) is 0 Å². The summed E-state index contributed by atoms with van der Waals surface area (Å²) >= 11 is 0. The van der Waals surface area contributed by atoms with E-state index in [0.29, 0.717) is 6.61 Å². The van der Waals surface area contributed by atoms with Crippen LogP contribution in [0.4, 0.5) is 0 Å². The Hall–Kier alpha value is -0.200. The van der Waals surface area contributed by atoms with Crippen LogP contribution in [-0.4, -0.2) is 41.8 Å². The van der Waals surface area contributed by atoms with Crippen LogP contribution in [0.25, 0.3) is 0 Å². The van der Waals surface area contributed by atoms with E-state index in [1.807, 2.05) is 0 Å². The highest BCUT2D eigenvalue weighted by Gasteiger charge is 2.54. The fourth-order valence-electron chi connectivity index (χ4n) is 4.00. The van der Waals surface area contributed by atoms with Crippen LogP contribution < -0.4 is 0 Å². The van der Waals surface area contributed by atoms with Gasteiger partial charge in [0, 0.05) is 32.1 Å². The van der Waals surface area contributed by atoms with Crippen molar-refractivity contribution < 1.29 is 24.1 Å². The molecule has 3 atom stereocenters. The van der Waals surface area contributed by atoms with Crippen molar-refractivity contribution in [1.29, 1.82) is 0 Å². The Bertz CT molecular complexity index is 343. The minimum atomic E-state index is -0.921. The molecule has 2 saturated carbocycles. The summed E-state index contributed by atoms with van der Waals surface area (Å²) in [6.07, 6.45) is 8.50. The summed E-state index contributed by atoms with van der Waals surface area (Å²) < 4.78 is 23.7. The van der Waals surface area contributed by atoms with Crippen molar-refractivity contribution in [3.8, 4) is 0 Å². The molecule has 4 aliphatic rings. The molecule has 2 aliphatic heterocycles. The van der Waals surface area contributed by atoms with Crippen LogP contribution in [0.3, 0.4) is 0 Å². The highest BCUT2D eigenvalue weighted by molar-refractivity contribution is 4.91. The molecule has 0 bridgehead atoms. The topological polar surface area (TPSA) is 57.2 Å². The van der Waals surface area contributed by atoms with Crippen LogP contribution in [-0.2, 0) is 18.9 Å². The SMILES string of the molecule is OC1(OC[C@H]2CC3OC4(CCCC4)OC3O2)CCCC1. The minimum absolute atomic E-state index is 0.0200. The molecule has 4 fully saturated rings. The van der Waals surface area contributed by atoms with Crippen LogP contribution in [0.15, 0.2) is 0 Å². The van der Waals surface area contributed by atoms with Crippen LogP contribution in [0.5, 0.6) is 0 Å². The van der Waals surface area contributed by atoms with Gasteiger partial charge in [-0.1, -0.05) is 0 Å². The third-order valence-corrected chi connectivity index (χ3v) is 5.11. The molecule has 2 heterocycles. The third-order valence-electron chi connectivity index (χ3n) is 5.11. The summed E-state index contributed by atoms with van der Waals surface area (Å²) in [5.74, 6) is -1.28. The van der Waals surface area contributed by atoms with Gasteiger partial charge in [-0.2, -0.15) is 0 Å². The van der Waals surface area contributed by atoms with Gasteiger partial charge in [0.15, 0.2) is 17.9 Å². The Morgan fingerprint density at radius 2 is 1.70 bits per heavy atom. The van der Waals surface area contributed by atoms with E-state index in [2.05, 4.69) is 0 Å². The number of ether oxygens (including phenoxy) is 4. The third kappa shape index (κ3) is 2.40. The average Bonchev–Trinajstić information content (AvgIpc) is 3.14. The van der Waals surface area contributed by atoms with E-state index in [9.17, 15) is 5.11 Å². The van der Waals surface area contributed by atoms with E-state index in [-0.39, 0.29) is 24.3 Å². The largest absolute Gasteiger partial charge is 0.365 e. The monoisotopic (exact) mass is 284 g/mol. The second kappa shape index (κ2) is 4.92. The number of fused-ring (bicyclic) bond motifs is 1. The summed E-state index contributed by atoms with van der Waals surface area (Å²) in [5, 5.41) is 10.2. The molecule has 20 heavy (non-hydrogen) atoms. The van der Waals surface area contributed by atoms with Gasteiger partial charge in [-0.05, 0) is 25.7 Å². The number of hydrogen-bond donors (Lipinski definition) is 1. The Morgan fingerprint density at radius 3 is 2.40 bits per heavy atom. The molecule has 114 valence electrons. The van der Waals surface area contributed by atoms with Crippen molar-refractivity contribution in [3.05, 3.63) is 0 Å². The Morgan fingerprint density at radius 1 is 1.00 bits per heavy atom. The molecule has 0 radical (unpaired) electrons. The van der Waals surface area contributed by atoms with E-state index >= 15 is 0 Å². The van der Waals surface area contributed by atoms with E-state index in [0.717, 1.165) is 44.9 Å². The van der Waals surface area contributed by atoms with Crippen molar-refractivity contribution in [2.45, 2.75) is 87.9 Å². The van der Waals surface area contributed by atoms with Gasteiger partial charge in [-0.25, -0.2) is 0 Å². The standard InChI is InChI=1S/C15H24O5/c16-14(5-1-2-6-14)17-10-11-9-12-13(18-11)20-15(19-12)7-3-4-8-15/h11-13,16H,1-10H2/t11-,12?,13?/m1/s1. The van der Waals surface area contributed by atoms with Gasteiger partial charge in [-0.3, -0.25) is 0 Å². The first-order valence-corrected chi connectivity index (χ1v) is 8.04. The first-order valence-electron chi connectivity index (χ1n) is 8.04. The van der Waals surface area contributed by atoms with Crippen LogP contribution in [0, 0.1) is 0 Å². The molecular weight excluding hydrogens is 260 g/mol. The predicted octanol–water partition coefficient (Wildman–Crippen LogP) is 2.07. The Labute approximate surface area is 119 Å². The lowest BCUT2D eigenvalue weighted by Crippen LogP contribution is -2.34. The average molecular weight is 284 g/mol. The fourth-order valence-corrected chi connectivity index (χ4v) is 4.00. The molecule has 5 heteroatoms. The van der Waals surface area contributed by atoms with Gasteiger partial charge in [-0.15, -0.1) is 0 Å². The molecular formula is C15H24O5. The summed E-state index contributed by atoms with van der Waals surface area (Å²) in [6, 6.07) is 0. The van der Waals surface area contributed by atoms with Crippen molar-refractivity contribution in [2.75, 3.05) is 6.61 Å². The Kier molecular flexibility index (Phi) is 3.31. The molecule has 2 saturated heterocycles. The van der Waals surface area contributed by atoms with E-state index in [1.165, 1.54) is 12.8 Å². The zero-order chi connectivity index (χ0) is 13.6. The molecule has 1 N–H and O–H groups in total. The molecule has 0 amide bonds. The summed E-state index contributed by atoms with van der Waals surface area (Å²) in [6.45, 7) is 0.434. The molecule has 2 unspecified atom stereocenters. The lowest BCUT2D eigenvalue weighted by Gasteiger charge is -2.26. The van der Waals surface area contributed by atoms with Gasteiger partial charge in [0.25, 0.3) is 0 Å². The maximum absolute atomic E-state index is 10.2. The fraction of sp³-hybridized carbons (Fsp3) is 1.00. The highest BCUT2D eigenvalue weighted by atomic mass is 16.8. The smallest absolute Gasteiger partial charge is 0.187 e. The van der Waals surface area contributed by atoms with Gasteiger partial charge in [0.1, 0.15) is 6.10 Å². The zero-order valence-electron chi connectivity index (χ0n) is 11.9. The van der Waals surface area contributed by atoms with Gasteiger partial charge in [0.2, 0.25) is 0 Å². The molecule has 0 aromatic rings. The number of hydrogen-bond acceptors (Lipinski definition) is 5. The van der Waals surface area contributed by atoms with Gasteiger partial charge < -0.3 is 24.1 Å². The second-order valence-corrected chi connectivity index (χ2v) is 6.72. The predicted molar refractivity (Wildman–Crippen MR) is 69.8 cm³/mol. The highest BCUT2D eigenvalue weighted by Crippen LogP contribution is 2.46. The van der Waals surface area contributed by atoms with Crippen LogP contribution >= 0.6 is 0 Å². The molecule has 5 nitrogen and oxygen atoms in total.